The SMILES string of the molecule is O=C([O-])CC(O)(CC(=O)[O-])C(=O)[O-].OCC(O)CO. The molecular formula is C9H13O10-3. The minimum absolute atomic E-state index is 0.365. The van der Waals surface area contributed by atoms with Crippen molar-refractivity contribution in [2.24, 2.45) is 0 Å². The van der Waals surface area contributed by atoms with Crippen LogP contribution in [0.4, 0.5) is 0 Å². The fraction of sp³-hybridized carbons (Fsp3) is 0.667. The smallest absolute Gasteiger partial charge is 0.114 e. The Labute approximate surface area is 107 Å². The van der Waals surface area contributed by atoms with Crippen LogP contribution in [0.3, 0.4) is 0 Å². The van der Waals surface area contributed by atoms with Crippen molar-refractivity contribution in [1.29, 1.82) is 0 Å². The van der Waals surface area contributed by atoms with Crippen molar-refractivity contribution in [3.8, 4) is 0 Å². The van der Waals surface area contributed by atoms with Crippen LogP contribution in [0.5, 0.6) is 0 Å². The maximum Gasteiger partial charge on any atom is 0.114 e. The summed E-state index contributed by atoms with van der Waals surface area (Å²) in [4.78, 5) is 30.0. The molecule has 0 fully saturated rings. The summed E-state index contributed by atoms with van der Waals surface area (Å²) in [5.41, 5.74) is -2.97. The first-order chi connectivity index (χ1) is 8.58. The van der Waals surface area contributed by atoms with Crippen LogP contribution in [-0.4, -0.2) is 63.3 Å². The van der Waals surface area contributed by atoms with Crippen molar-refractivity contribution in [2.75, 3.05) is 13.2 Å². The van der Waals surface area contributed by atoms with Crippen LogP contribution < -0.4 is 15.3 Å². The number of rotatable bonds is 7. The maximum atomic E-state index is 10.1. The molecular weight excluding hydrogens is 268 g/mol. The summed E-state index contributed by atoms with van der Waals surface area (Å²) in [6.45, 7) is -0.729. The van der Waals surface area contributed by atoms with Crippen molar-refractivity contribution in [2.45, 2.75) is 24.5 Å². The molecule has 0 rings (SSSR count). The molecule has 112 valence electrons. The van der Waals surface area contributed by atoms with Gasteiger partial charge in [-0.25, -0.2) is 0 Å². The van der Waals surface area contributed by atoms with E-state index in [1.807, 2.05) is 0 Å². The Morgan fingerprint density at radius 3 is 1.37 bits per heavy atom. The van der Waals surface area contributed by atoms with E-state index in [2.05, 4.69) is 0 Å². The predicted molar refractivity (Wildman–Crippen MR) is 49.4 cm³/mol. The maximum absolute atomic E-state index is 10.1. The molecule has 10 nitrogen and oxygen atoms in total. The molecule has 0 saturated carbocycles. The van der Waals surface area contributed by atoms with E-state index in [-0.39, 0.29) is 13.2 Å². The molecule has 10 heteroatoms. The van der Waals surface area contributed by atoms with Crippen LogP contribution in [0, 0.1) is 0 Å². The highest BCUT2D eigenvalue weighted by Crippen LogP contribution is 2.13. The van der Waals surface area contributed by atoms with Crippen LogP contribution >= 0.6 is 0 Å². The average molecular weight is 281 g/mol. The summed E-state index contributed by atoms with van der Waals surface area (Å²) in [5.74, 6) is -5.98. The average Bonchev–Trinajstić information content (AvgIpc) is 2.26. The number of carbonyl (C=O) groups is 3. The third kappa shape index (κ3) is 9.91. The summed E-state index contributed by atoms with van der Waals surface area (Å²) in [6, 6.07) is 0. The zero-order chi connectivity index (χ0) is 15.6. The zero-order valence-corrected chi connectivity index (χ0v) is 9.64. The number of carbonyl (C=O) groups excluding carboxylic acids is 3. The van der Waals surface area contributed by atoms with Gasteiger partial charge in [0.2, 0.25) is 0 Å². The lowest BCUT2D eigenvalue weighted by Crippen LogP contribution is -2.54. The Morgan fingerprint density at radius 2 is 1.26 bits per heavy atom. The lowest BCUT2D eigenvalue weighted by atomic mass is 9.96. The molecule has 0 atom stereocenters. The van der Waals surface area contributed by atoms with E-state index in [1.54, 1.807) is 0 Å². The molecule has 0 aliphatic rings. The topological polar surface area (TPSA) is 201 Å². The van der Waals surface area contributed by atoms with Gasteiger partial charge in [0.25, 0.3) is 0 Å². The Balaban J connectivity index is 0. The highest BCUT2D eigenvalue weighted by Gasteiger charge is 2.29. The fourth-order valence-corrected chi connectivity index (χ4v) is 0.742. The normalized spacial score (nSPS) is 10.6. The summed E-state index contributed by atoms with van der Waals surface area (Å²) >= 11 is 0. The van der Waals surface area contributed by atoms with Crippen LogP contribution in [0.25, 0.3) is 0 Å². The second-order valence-electron chi connectivity index (χ2n) is 3.44. The summed E-state index contributed by atoms with van der Waals surface area (Å²) in [5, 5.41) is 62.9. The van der Waals surface area contributed by atoms with Crippen LogP contribution in [0.1, 0.15) is 12.8 Å². The predicted octanol–water partition coefficient (Wildman–Crippen LogP) is -6.92. The third-order valence-corrected chi connectivity index (χ3v) is 1.68. The molecule has 0 bridgehead atoms. The van der Waals surface area contributed by atoms with E-state index in [4.69, 9.17) is 20.4 Å². The number of aliphatic hydroxyl groups excluding tert-OH is 3. The number of aliphatic hydroxyl groups is 4. The first kappa shape index (κ1) is 19.6. The standard InChI is InChI=1S/C6H8O7.C3H8O3/c7-3(8)1-6(13,5(11)12)2-4(9)10;4-1-3(6)2-5/h13H,1-2H2,(H,7,8)(H,9,10)(H,11,12);3-6H,1-2H2/p-3. The van der Waals surface area contributed by atoms with Gasteiger partial charge in [-0.15, -0.1) is 0 Å². The summed E-state index contributed by atoms with van der Waals surface area (Å²) in [6.07, 6.45) is -3.67. The molecule has 0 heterocycles. The minimum Gasteiger partial charge on any atom is -0.550 e. The number of carboxylic acids is 3. The second-order valence-corrected chi connectivity index (χ2v) is 3.44. The van der Waals surface area contributed by atoms with E-state index in [0.29, 0.717) is 0 Å². The third-order valence-electron chi connectivity index (χ3n) is 1.68. The van der Waals surface area contributed by atoms with Crippen molar-refractivity contribution in [3.63, 3.8) is 0 Å². The molecule has 4 N–H and O–H groups in total. The quantitative estimate of drug-likeness (QED) is 0.347. The lowest BCUT2D eigenvalue weighted by molar-refractivity contribution is -0.339. The second kappa shape index (κ2) is 9.22. The van der Waals surface area contributed by atoms with Gasteiger partial charge in [-0.05, 0) is 0 Å². The number of hydrogen-bond acceptors (Lipinski definition) is 10. The number of aliphatic carboxylic acids is 3. The van der Waals surface area contributed by atoms with Gasteiger partial charge in [0.1, 0.15) is 11.7 Å². The summed E-state index contributed by atoms with van der Waals surface area (Å²) < 4.78 is 0. The van der Waals surface area contributed by atoms with Crippen molar-refractivity contribution >= 4 is 17.9 Å². The van der Waals surface area contributed by atoms with E-state index in [1.165, 1.54) is 0 Å². The molecule has 0 unspecified atom stereocenters. The molecule has 0 aromatic heterocycles. The molecule has 0 aliphatic carbocycles. The lowest BCUT2D eigenvalue weighted by Gasteiger charge is -2.29. The number of carboxylic acid groups (broad SMARTS) is 3. The molecule has 0 amide bonds. The molecule has 19 heavy (non-hydrogen) atoms. The van der Waals surface area contributed by atoms with Gasteiger partial charge in [-0.2, -0.15) is 0 Å². The van der Waals surface area contributed by atoms with Crippen molar-refractivity contribution in [1.82, 2.24) is 0 Å². The summed E-state index contributed by atoms with van der Waals surface area (Å²) in [7, 11) is 0. The fourth-order valence-electron chi connectivity index (χ4n) is 0.742. The van der Waals surface area contributed by atoms with Gasteiger partial charge < -0.3 is 50.1 Å². The van der Waals surface area contributed by atoms with Crippen molar-refractivity contribution < 1.29 is 50.1 Å². The highest BCUT2D eigenvalue weighted by molar-refractivity contribution is 5.86. The first-order valence-corrected chi connectivity index (χ1v) is 4.82. The van der Waals surface area contributed by atoms with Gasteiger partial charge >= 0.3 is 0 Å². The molecule has 0 aromatic carbocycles. The first-order valence-electron chi connectivity index (χ1n) is 4.82. The van der Waals surface area contributed by atoms with Gasteiger partial charge in [0.05, 0.1) is 19.2 Å². The molecule has 0 saturated heterocycles. The minimum atomic E-state index is -2.97. The van der Waals surface area contributed by atoms with Crippen molar-refractivity contribution in [3.05, 3.63) is 0 Å². The van der Waals surface area contributed by atoms with Gasteiger partial charge in [-0.3, -0.25) is 0 Å². The van der Waals surface area contributed by atoms with Crippen LogP contribution in [-0.2, 0) is 14.4 Å². The van der Waals surface area contributed by atoms with Gasteiger partial charge in [0, 0.05) is 24.8 Å². The highest BCUT2D eigenvalue weighted by atomic mass is 16.4. The van der Waals surface area contributed by atoms with Gasteiger partial charge in [0.15, 0.2) is 0 Å². The molecule has 0 radical (unpaired) electrons. The molecule has 0 aliphatic heterocycles. The van der Waals surface area contributed by atoms with Gasteiger partial charge in [-0.1, -0.05) is 0 Å². The van der Waals surface area contributed by atoms with E-state index in [9.17, 15) is 29.7 Å². The Bertz CT molecular complexity index is 292. The van der Waals surface area contributed by atoms with E-state index < -0.39 is 42.5 Å². The monoisotopic (exact) mass is 281 g/mol. The Kier molecular flexibility index (Phi) is 9.50. The molecule has 0 aromatic rings. The Hall–Kier alpha value is -1.75. The van der Waals surface area contributed by atoms with Crippen LogP contribution in [0.2, 0.25) is 0 Å². The number of hydrogen-bond donors (Lipinski definition) is 4. The Morgan fingerprint density at radius 1 is 0.947 bits per heavy atom. The largest absolute Gasteiger partial charge is 0.550 e. The molecule has 0 spiro atoms. The zero-order valence-electron chi connectivity index (χ0n) is 9.64. The van der Waals surface area contributed by atoms with E-state index >= 15 is 0 Å². The van der Waals surface area contributed by atoms with Crippen LogP contribution in [0.15, 0.2) is 0 Å². The van der Waals surface area contributed by atoms with E-state index in [0.717, 1.165) is 0 Å².